The van der Waals surface area contributed by atoms with Gasteiger partial charge in [-0.25, -0.2) is 4.98 Å². The number of anilines is 1. The maximum absolute atomic E-state index is 12.5. The lowest BCUT2D eigenvalue weighted by Gasteiger charge is -2.29. The Kier molecular flexibility index (Phi) is 7.54. The SMILES string of the molecule is COc1ccc(CC(=O)Nc2nc(CN3CCc4cc(OC)c(OC)cc4C3)cs2)cc1OC. The van der Waals surface area contributed by atoms with Crippen LogP contribution in [0.3, 0.4) is 0 Å². The predicted molar refractivity (Wildman–Crippen MR) is 131 cm³/mol. The summed E-state index contributed by atoms with van der Waals surface area (Å²) in [5.41, 5.74) is 4.30. The third kappa shape index (κ3) is 5.43. The molecule has 0 bridgehead atoms. The predicted octanol–water partition coefficient (Wildman–Crippen LogP) is 3.92. The molecule has 9 heteroatoms. The van der Waals surface area contributed by atoms with E-state index in [1.165, 1.54) is 22.5 Å². The van der Waals surface area contributed by atoms with Gasteiger partial charge in [-0.2, -0.15) is 0 Å². The van der Waals surface area contributed by atoms with Crippen molar-refractivity contribution in [2.24, 2.45) is 0 Å². The van der Waals surface area contributed by atoms with Crippen molar-refractivity contribution in [1.29, 1.82) is 0 Å². The van der Waals surface area contributed by atoms with E-state index in [9.17, 15) is 4.79 Å². The van der Waals surface area contributed by atoms with Crippen molar-refractivity contribution in [2.45, 2.75) is 25.9 Å². The highest BCUT2D eigenvalue weighted by atomic mass is 32.1. The Morgan fingerprint density at radius 2 is 1.65 bits per heavy atom. The monoisotopic (exact) mass is 483 g/mol. The Bertz CT molecular complexity index is 1160. The molecule has 0 atom stereocenters. The van der Waals surface area contributed by atoms with E-state index in [2.05, 4.69) is 27.3 Å². The average Bonchev–Trinajstić information content (AvgIpc) is 3.29. The first-order chi connectivity index (χ1) is 16.5. The fourth-order valence-corrected chi connectivity index (χ4v) is 4.80. The Morgan fingerprint density at radius 3 is 2.35 bits per heavy atom. The van der Waals surface area contributed by atoms with E-state index < -0.39 is 0 Å². The second-order valence-corrected chi connectivity index (χ2v) is 8.85. The highest BCUT2D eigenvalue weighted by molar-refractivity contribution is 7.13. The zero-order valence-electron chi connectivity index (χ0n) is 19.8. The van der Waals surface area contributed by atoms with Gasteiger partial charge in [-0.15, -0.1) is 11.3 Å². The Balaban J connectivity index is 1.35. The molecule has 0 saturated carbocycles. The van der Waals surface area contributed by atoms with Gasteiger partial charge in [0.15, 0.2) is 28.1 Å². The van der Waals surface area contributed by atoms with Crippen LogP contribution in [0.25, 0.3) is 0 Å². The molecule has 34 heavy (non-hydrogen) atoms. The van der Waals surface area contributed by atoms with Crippen molar-refractivity contribution in [3.05, 3.63) is 58.1 Å². The molecule has 1 aliphatic rings. The number of fused-ring (bicyclic) bond motifs is 1. The van der Waals surface area contributed by atoms with Crippen LogP contribution in [-0.2, 0) is 30.7 Å². The van der Waals surface area contributed by atoms with E-state index in [-0.39, 0.29) is 12.3 Å². The summed E-state index contributed by atoms with van der Waals surface area (Å²) in [5.74, 6) is 2.62. The van der Waals surface area contributed by atoms with Gasteiger partial charge in [-0.05, 0) is 47.4 Å². The first-order valence-corrected chi connectivity index (χ1v) is 11.8. The molecule has 1 amide bonds. The molecule has 180 valence electrons. The number of methoxy groups -OCH3 is 4. The number of carbonyl (C=O) groups excluding carboxylic acids is 1. The van der Waals surface area contributed by atoms with Crippen LogP contribution in [0.2, 0.25) is 0 Å². The van der Waals surface area contributed by atoms with Gasteiger partial charge in [0, 0.05) is 25.0 Å². The number of ether oxygens (including phenoxy) is 4. The third-order valence-electron chi connectivity index (χ3n) is 5.79. The fourth-order valence-electron chi connectivity index (χ4n) is 4.08. The van der Waals surface area contributed by atoms with Crippen molar-refractivity contribution >= 4 is 22.4 Å². The van der Waals surface area contributed by atoms with Crippen molar-refractivity contribution in [2.75, 3.05) is 40.3 Å². The van der Waals surface area contributed by atoms with E-state index in [1.807, 2.05) is 17.5 Å². The van der Waals surface area contributed by atoms with Gasteiger partial charge in [0.05, 0.1) is 40.6 Å². The average molecular weight is 484 g/mol. The molecule has 0 spiro atoms. The molecule has 0 unspecified atom stereocenters. The molecular formula is C25H29N3O5S. The minimum atomic E-state index is -0.124. The number of amides is 1. The van der Waals surface area contributed by atoms with Crippen LogP contribution in [-0.4, -0.2) is 50.8 Å². The van der Waals surface area contributed by atoms with E-state index in [0.717, 1.165) is 48.8 Å². The van der Waals surface area contributed by atoms with Gasteiger partial charge in [0.1, 0.15) is 0 Å². The largest absolute Gasteiger partial charge is 0.493 e. The van der Waals surface area contributed by atoms with Crippen molar-refractivity contribution in [3.8, 4) is 23.0 Å². The number of nitrogens with one attached hydrogen (secondary N) is 1. The first-order valence-electron chi connectivity index (χ1n) is 10.9. The number of hydrogen-bond acceptors (Lipinski definition) is 8. The zero-order valence-corrected chi connectivity index (χ0v) is 20.7. The van der Waals surface area contributed by atoms with Crippen molar-refractivity contribution < 1.29 is 23.7 Å². The van der Waals surface area contributed by atoms with Crippen LogP contribution in [0.4, 0.5) is 5.13 Å². The van der Waals surface area contributed by atoms with Crippen LogP contribution in [0, 0.1) is 0 Å². The molecule has 0 radical (unpaired) electrons. The molecule has 0 saturated heterocycles. The van der Waals surface area contributed by atoms with Crippen LogP contribution >= 0.6 is 11.3 Å². The molecule has 2 aromatic carbocycles. The second kappa shape index (κ2) is 10.8. The summed E-state index contributed by atoms with van der Waals surface area (Å²) >= 11 is 1.44. The maximum atomic E-state index is 12.5. The van der Waals surface area contributed by atoms with Crippen LogP contribution in [0.15, 0.2) is 35.7 Å². The van der Waals surface area contributed by atoms with Gasteiger partial charge in [0.2, 0.25) is 5.91 Å². The summed E-state index contributed by atoms with van der Waals surface area (Å²) in [5, 5.41) is 5.50. The maximum Gasteiger partial charge on any atom is 0.230 e. The van der Waals surface area contributed by atoms with Crippen LogP contribution < -0.4 is 24.3 Å². The standard InChI is InChI=1S/C25H29N3O5S/c1-30-20-6-5-16(9-21(20)31-2)10-24(29)27-25-26-19(15-34-25)14-28-8-7-17-11-22(32-3)23(33-4)12-18(17)13-28/h5-6,9,11-12,15H,7-8,10,13-14H2,1-4H3,(H,26,27,29). The molecule has 2 heterocycles. The number of aromatic nitrogens is 1. The van der Waals surface area contributed by atoms with Gasteiger partial charge in [0.25, 0.3) is 0 Å². The fraction of sp³-hybridized carbons (Fsp3) is 0.360. The van der Waals surface area contributed by atoms with E-state index >= 15 is 0 Å². The Hall–Kier alpha value is -3.30. The highest BCUT2D eigenvalue weighted by Crippen LogP contribution is 2.33. The lowest BCUT2D eigenvalue weighted by Crippen LogP contribution is -2.30. The summed E-state index contributed by atoms with van der Waals surface area (Å²) < 4.78 is 21.4. The minimum absolute atomic E-state index is 0.124. The second-order valence-electron chi connectivity index (χ2n) is 7.99. The smallest absolute Gasteiger partial charge is 0.230 e. The Morgan fingerprint density at radius 1 is 0.971 bits per heavy atom. The van der Waals surface area contributed by atoms with Crippen molar-refractivity contribution in [3.63, 3.8) is 0 Å². The lowest BCUT2D eigenvalue weighted by atomic mass is 9.98. The quantitative estimate of drug-likeness (QED) is 0.494. The van der Waals surface area contributed by atoms with E-state index in [1.54, 1.807) is 34.5 Å². The minimum Gasteiger partial charge on any atom is -0.493 e. The topological polar surface area (TPSA) is 82.2 Å². The molecule has 8 nitrogen and oxygen atoms in total. The number of nitrogens with zero attached hydrogens (tertiary/aromatic N) is 2. The number of carbonyl (C=O) groups is 1. The van der Waals surface area contributed by atoms with Gasteiger partial charge >= 0.3 is 0 Å². The van der Waals surface area contributed by atoms with Gasteiger partial charge in [-0.3, -0.25) is 9.69 Å². The molecule has 3 aromatic rings. The zero-order chi connectivity index (χ0) is 24.1. The summed E-state index contributed by atoms with van der Waals surface area (Å²) in [6, 6.07) is 9.59. The number of thiazole rings is 1. The number of hydrogen-bond donors (Lipinski definition) is 1. The molecule has 1 N–H and O–H groups in total. The number of benzene rings is 2. The van der Waals surface area contributed by atoms with Gasteiger partial charge in [-0.1, -0.05) is 6.07 Å². The Labute approximate surface area is 203 Å². The summed E-state index contributed by atoms with van der Waals surface area (Å²) in [6.45, 7) is 2.46. The third-order valence-corrected chi connectivity index (χ3v) is 6.60. The highest BCUT2D eigenvalue weighted by Gasteiger charge is 2.20. The first kappa shape index (κ1) is 23.8. The summed E-state index contributed by atoms with van der Waals surface area (Å²) in [6.07, 6.45) is 1.16. The summed E-state index contributed by atoms with van der Waals surface area (Å²) in [4.78, 5) is 19.5. The van der Waals surface area contributed by atoms with Crippen LogP contribution in [0.1, 0.15) is 22.4 Å². The summed E-state index contributed by atoms with van der Waals surface area (Å²) in [7, 11) is 6.47. The molecule has 0 fully saturated rings. The van der Waals surface area contributed by atoms with Gasteiger partial charge < -0.3 is 24.3 Å². The van der Waals surface area contributed by atoms with Crippen molar-refractivity contribution in [1.82, 2.24) is 9.88 Å². The molecule has 4 rings (SSSR count). The number of rotatable bonds is 9. The molecule has 0 aliphatic carbocycles. The lowest BCUT2D eigenvalue weighted by molar-refractivity contribution is -0.115. The van der Waals surface area contributed by atoms with E-state index in [0.29, 0.717) is 16.6 Å². The van der Waals surface area contributed by atoms with Crippen LogP contribution in [0.5, 0.6) is 23.0 Å². The normalized spacial score (nSPS) is 13.2. The van der Waals surface area contributed by atoms with E-state index in [4.69, 9.17) is 18.9 Å². The molecule has 1 aromatic heterocycles. The molecular weight excluding hydrogens is 454 g/mol. The molecule has 1 aliphatic heterocycles.